The van der Waals surface area contributed by atoms with Gasteiger partial charge in [-0.1, -0.05) is 24.3 Å². The summed E-state index contributed by atoms with van der Waals surface area (Å²) >= 11 is 0. The van der Waals surface area contributed by atoms with Gasteiger partial charge in [-0.3, -0.25) is 14.9 Å². The predicted molar refractivity (Wildman–Crippen MR) is 96.8 cm³/mol. The van der Waals surface area contributed by atoms with Gasteiger partial charge in [0, 0.05) is 42.7 Å². The Bertz CT molecular complexity index is 918. The predicted octanol–water partition coefficient (Wildman–Crippen LogP) is 3.08. The first-order valence-corrected chi connectivity index (χ1v) is 8.10. The molecule has 0 atom stereocenters. The molecule has 26 heavy (non-hydrogen) atoms. The topological polar surface area (TPSA) is 90.1 Å². The third-order valence-electron chi connectivity index (χ3n) is 4.06. The van der Waals surface area contributed by atoms with Gasteiger partial charge in [-0.25, -0.2) is 4.98 Å². The van der Waals surface area contributed by atoms with E-state index in [0.29, 0.717) is 17.7 Å². The SMILES string of the molecule is Cc1cc(C(=O)NCc2ccc(Cn3ccnc3)cc2)ccc1[N+](=O)[O-]. The van der Waals surface area contributed by atoms with Gasteiger partial charge >= 0.3 is 0 Å². The lowest BCUT2D eigenvalue weighted by Gasteiger charge is -2.08. The van der Waals surface area contributed by atoms with E-state index in [1.54, 1.807) is 19.4 Å². The third kappa shape index (κ3) is 4.13. The zero-order valence-corrected chi connectivity index (χ0v) is 14.3. The van der Waals surface area contributed by atoms with Crippen molar-refractivity contribution in [2.24, 2.45) is 0 Å². The van der Waals surface area contributed by atoms with E-state index in [9.17, 15) is 14.9 Å². The summed E-state index contributed by atoms with van der Waals surface area (Å²) in [4.78, 5) is 26.6. The lowest BCUT2D eigenvalue weighted by atomic mass is 10.1. The molecule has 0 unspecified atom stereocenters. The van der Waals surface area contributed by atoms with Crippen molar-refractivity contribution in [3.05, 3.63) is 93.6 Å². The summed E-state index contributed by atoms with van der Waals surface area (Å²) in [5.41, 5.74) is 3.00. The molecular formula is C19H18N4O3. The molecule has 7 nitrogen and oxygen atoms in total. The number of nitro groups is 1. The van der Waals surface area contributed by atoms with Crippen molar-refractivity contribution in [3.63, 3.8) is 0 Å². The van der Waals surface area contributed by atoms with Gasteiger partial charge in [-0.05, 0) is 30.2 Å². The molecule has 1 N–H and O–H groups in total. The molecule has 0 aliphatic heterocycles. The maximum absolute atomic E-state index is 12.2. The minimum absolute atomic E-state index is 0.00929. The Morgan fingerprint density at radius 2 is 1.92 bits per heavy atom. The van der Waals surface area contributed by atoms with Crippen LogP contribution in [0.5, 0.6) is 0 Å². The van der Waals surface area contributed by atoms with E-state index in [2.05, 4.69) is 10.3 Å². The van der Waals surface area contributed by atoms with E-state index in [1.807, 2.05) is 35.0 Å². The number of benzene rings is 2. The van der Waals surface area contributed by atoms with Crippen molar-refractivity contribution in [2.45, 2.75) is 20.0 Å². The van der Waals surface area contributed by atoms with Gasteiger partial charge < -0.3 is 9.88 Å². The maximum atomic E-state index is 12.2. The number of hydrogen-bond acceptors (Lipinski definition) is 4. The smallest absolute Gasteiger partial charge is 0.272 e. The summed E-state index contributed by atoms with van der Waals surface area (Å²) in [7, 11) is 0. The highest BCUT2D eigenvalue weighted by Gasteiger charge is 2.13. The number of amides is 1. The number of rotatable bonds is 6. The van der Waals surface area contributed by atoms with Crippen LogP contribution in [0.3, 0.4) is 0 Å². The lowest BCUT2D eigenvalue weighted by Crippen LogP contribution is -2.22. The molecule has 0 bridgehead atoms. The van der Waals surface area contributed by atoms with E-state index in [-0.39, 0.29) is 11.6 Å². The molecule has 0 spiro atoms. The Morgan fingerprint density at radius 3 is 2.54 bits per heavy atom. The largest absolute Gasteiger partial charge is 0.348 e. The average Bonchev–Trinajstić information content (AvgIpc) is 3.13. The van der Waals surface area contributed by atoms with Crippen LogP contribution in [0.1, 0.15) is 27.0 Å². The Hall–Kier alpha value is -3.48. The number of nitrogens with zero attached hydrogens (tertiary/aromatic N) is 3. The second-order valence-corrected chi connectivity index (χ2v) is 5.99. The van der Waals surface area contributed by atoms with Crippen LogP contribution >= 0.6 is 0 Å². The number of carbonyl (C=O) groups excluding carboxylic acids is 1. The molecule has 0 fully saturated rings. The molecule has 7 heteroatoms. The zero-order valence-electron chi connectivity index (χ0n) is 14.3. The number of nitro benzene ring substituents is 1. The third-order valence-corrected chi connectivity index (χ3v) is 4.06. The molecular weight excluding hydrogens is 332 g/mol. The summed E-state index contributed by atoms with van der Waals surface area (Å²) in [5.74, 6) is -0.259. The molecule has 0 saturated carbocycles. The van der Waals surface area contributed by atoms with E-state index in [1.165, 1.54) is 18.2 Å². The quantitative estimate of drug-likeness (QED) is 0.546. The van der Waals surface area contributed by atoms with Crippen LogP contribution in [0.2, 0.25) is 0 Å². The van der Waals surface area contributed by atoms with E-state index in [0.717, 1.165) is 17.7 Å². The number of hydrogen-bond donors (Lipinski definition) is 1. The van der Waals surface area contributed by atoms with Crippen LogP contribution in [0.15, 0.2) is 61.2 Å². The molecule has 1 amide bonds. The summed E-state index contributed by atoms with van der Waals surface area (Å²) in [5, 5.41) is 13.7. The van der Waals surface area contributed by atoms with Crippen LogP contribution in [0.4, 0.5) is 5.69 Å². The summed E-state index contributed by atoms with van der Waals surface area (Å²) in [6.45, 7) is 2.75. The summed E-state index contributed by atoms with van der Waals surface area (Å²) < 4.78 is 1.98. The van der Waals surface area contributed by atoms with Gasteiger partial charge in [0.15, 0.2) is 0 Å². The van der Waals surface area contributed by atoms with Gasteiger partial charge in [-0.15, -0.1) is 0 Å². The molecule has 0 aliphatic rings. The molecule has 1 aromatic heterocycles. The van der Waals surface area contributed by atoms with Gasteiger partial charge in [0.25, 0.3) is 11.6 Å². The molecule has 0 saturated heterocycles. The van der Waals surface area contributed by atoms with Crippen molar-refractivity contribution in [3.8, 4) is 0 Å². The Kier molecular flexibility index (Phi) is 5.07. The van der Waals surface area contributed by atoms with Crippen LogP contribution < -0.4 is 5.32 Å². The molecule has 0 aliphatic carbocycles. The average molecular weight is 350 g/mol. The van der Waals surface area contributed by atoms with Crippen LogP contribution in [-0.2, 0) is 13.1 Å². The van der Waals surface area contributed by atoms with Crippen LogP contribution in [-0.4, -0.2) is 20.4 Å². The van der Waals surface area contributed by atoms with Crippen LogP contribution in [0.25, 0.3) is 0 Å². The van der Waals surface area contributed by atoms with Gasteiger partial charge in [0.1, 0.15) is 0 Å². The van der Waals surface area contributed by atoms with Crippen molar-refractivity contribution in [1.82, 2.24) is 14.9 Å². The highest BCUT2D eigenvalue weighted by Crippen LogP contribution is 2.18. The molecule has 1 heterocycles. The molecule has 2 aromatic carbocycles. The Morgan fingerprint density at radius 1 is 1.19 bits per heavy atom. The number of imidazole rings is 1. The van der Waals surface area contributed by atoms with Gasteiger partial charge in [0.05, 0.1) is 11.3 Å². The molecule has 3 aromatic rings. The number of aromatic nitrogens is 2. The van der Waals surface area contributed by atoms with Gasteiger partial charge in [-0.2, -0.15) is 0 Å². The number of carbonyl (C=O) groups is 1. The van der Waals surface area contributed by atoms with Crippen molar-refractivity contribution in [1.29, 1.82) is 0 Å². The summed E-state index contributed by atoms with van der Waals surface area (Å²) in [6, 6.07) is 12.3. The minimum Gasteiger partial charge on any atom is -0.348 e. The van der Waals surface area contributed by atoms with Crippen molar-refractivity contribution in [2.75, 3.05) is 0 Å². The standard InChI is InChI=1S/C19H18N4O3/c1-14-10-17(6-7-18(14)23(25)26)19(24)21-11-15-2-4-16(5-3-15)12-22-9-8-20-13-22/h2-10,13H,11-12H2,1H3,(H,21,24). The molecule has 0 radical (unpaired) electrons. The zero-order chi connectivity index (χ0) is 18.5. The second-order valence-electron chi connectivity index (χ2n) is 5.99. The number of aryl methyl sites for hydroxylation is 1. The van der Waals surface area contributed by atoms with Crippen molar-refractivity contribution < 1.29 is 9.72 Å². The fraction of sp³-hybridized carbons (Fsp3) is 0.158. The number of nitrogens with one attached hydrogen (secondary N) is 1. The normalized spacial score (nSPS) is 10.5. The highest BCUT2D eigenvalue weighted by atomic mass is 16.6. The Labute approximate surface area is 150 Å². The fourth-order valence-electron chi connectivity index (χ4n) is 2.64. The maximum Gasteiger partial charge on any atom is 0.272 e. The highest BCUT2D eigenvalue weighted by molar-refractivity contribution is 5.94. The first-order chi connectivity index (χ1) is 12.5. The van der Waals surface area contributed by atoms with E-state index in [4.69, 9.17) is 0 Å². The minimum atomic E-state index is -0.456. The lowest BCUT2D eigenvalue weighted by molar-refractivity contribution is -0.385. The van der Waals surface area contributed by atoms with E-state index < -0.39 is 4.92 Å². The first kappa shape index (κ1) is 17.3. The first-order valence-electron chi connectivity index (χ1n) is 8.10. The summed E-state index contributed by atoms with van der Waals surface area (Å²) in [6.07, 6.45) is 5.41. The fourth-order valence-corrected chi connectivity index (χ4v) is 2.64. The van der Waals surface area contributed by atoms with Crippen molar-refractivity contribution >= 4 is 11.6 Å². The van der Waals surface area contributed by atoms with Crippen LogP contribution in [0, 0.1) is 17.0 Å². The van der Waals surface area contributed by atoms with E-state index >= 15 is 0 Å². The molecule has 132 valence electrons. The molecule has 3 rings (SSSR count). The second kappa shape index (κ2) is 7.60. The Balaban J connectivity index is 1.59. The monoisotopic (exact) mass is 350 g/mol. The van der Waals surface area contributed by atoms with Gasteiger partial charge in [0.2, 0.25) is 0 Å².